The van der Waals surface area contributed by atoms with Crippen LogP contribution in [0.3, 0.4) is 0 Å². The van der Waals surface area contributed by atoms with E-state index in [0.717, 1.165) is 35.9 Å². The number of nitrogens with zero attached hydrogens (tertiary/aromatic N) is 5. The molecule has 2 aromatic heterocycles. The van der Waals surface area contributed by atoms with E-state index >= 15 is 0 Å². The number of alkyl halides is 3. The van der Waals surface area contributed by atoms with Crippen molar-refractivity contribution in [1.82, 2.24) is 24.6 Å². The molecule has 1 aliphatic carbocycles. The smallest absolute Gasteiger partial charge is 0.453 e. The van der Waals surface area contributed by atoms with Crippen molar-refractivity contribution >= 4 is 11.6 Å². The molecule has 218 valence electrons. The molecule has 0 saturated carbocycles. The third-order valence-electron chi connectivity index (χ3n) is 7.16. The van der Waals surface area contributed by atoms with Crippen LogP contribution in [0.1, 0.15) is 62.0 Å². The molecule has 1 N–H and O–H groups in total. The number of fused-ring (bicyclic) bond motifs is 1. The van der Waals surface area contributed by atoms with E-state index in [1.165, 1.54) is 37.1 Å². The number of methoxy groups -OCH3 is 1. The molecule has 0 amide bonds. The minimum Gasteiger partial charge on any atom is -0.475 e. The van der Waals surface area contributed by atoms with Crippen LogP contribution in [0.15, 0.2) is 30.3 Å². The fourth-order valence-electron chi connectivity index (χ4n) is 5.27. The van der Waals surface area contributed by atoms with Crippen molar-refractivity contribution in [2.24, 2.45) is 0 Å². The molecule has 0 spiro atoms. The molecule has 1 unspecified atom stereocenters. The number of anilines is 2. The highest BCUT2D eigenvalue weighted by Gasteiger charge is 2.37. The van der Waals surface area contributed by atoms with Crippen molar-refractivity contribution in [1.29, 1.82) is 0 Å². The van der Waals surface area contributed by atoms with E-state index in [9.17, 15) is 13.2 Å². The van der Waals surface area contributed by atoms with E-state index < -0.39 is 12.0 Å². The first-order valence-electron chi connectivity index (χ1n) is 14.1. The van der Waals surface area contributed by atoms with Crippen LogP contribution in [0.4, 0.5) is 24.8 Å². The molecular formula is C29H39F3N6O2. The number of hydrogen-bond acceptors (Lipinski definition) is 7. The quantitative estimate of drug-likeness (QED) is 0.262. The van der Waals surface area contributed by atoms with Crippen LogP contribution in [0.2, 0.25) is 0 Å². The van der Waals surface area contributed by atoms with Gasteiger partial charge in [0, 0.05) is 24.9 Å². The second-order valence-electron chi connectivity index (χ2n) is 9.93. The Bertz CT molecular complexity index is 1260. The Morgan fingerprint density at radius 2 is 1.70 bits per heavy atom. The molecule has 0 bridgehead atoms. The fraction of sp³-hybridized carbons (Fsp3) is 0.552. The lowest BCUT2D eigenvalue weighted by Gasteiger charge is -2.25. The van der Waals surface area contributed by atoms with Crippen molar-refractivity contribution in [2.45, 2.75) is 71.5 Å². The van der Waals surface area contributed by atoms with Crippen LogP contribution in [0.25, 0.3) is 5.82 Å². The van der Waals surface area contributed by atoms with Crippen molar-refractivity contribution in [3.8, 4) is 11.7 Å². The summed E-state index contributed by atoms with van der Waals surface area (Å²) in [5.74, 6) is -0.870. The van der Waals surface area contributed by atoms with Crippen LogP contribution >= 0.6 is 0 Å². The predicted octanol–water partition coefficient (Wildman–Crippen LogP) is 6.13. The van der Waals surface area contributed by atoms with Gasteiger partial charge in [0.05, 0.1) is 6.61 Å². The van der Waals surface area contributed by atoms with E-state index in [-0.39, 0.29) is 24.3 Å². The molecule has 1 aliphatic heterocycles. The molecule has 2 aliphatic rings. The Balaban J connectivity index is 0.00000181. The van der Waals surface area contributed by atoms with Gasteiger partial charge in [0.15, 0.2) is 5.82 Å². The molecule has 1 atom stereocenters. The average molecular weight is 561 g/mol. The number of benzene rings is 1. The highest BCUT2D eigenvalue weighted by Crippen LogP contribution is 2.32. The largest absolute Gasteiger partial charge is 0.475 e. The van der Waals surface area contributed by atoms with E-state index in [1.54, 1.807) is 19.2 Å². The minimum atomic E-state index is -4.71. The maximum absolute atomic E-state index is 13.6. The van der Waals surface area contributed by atoms with E-state index in [4.69, 9.17) is 9.47 Å². The Labute approximate surface area is 233 Å². The second kappa shape index (κ2) is 13.5. The summed E-state index contributed by atoms with van der Waals surface area (Å²) >= 11 is 0. The van der Waals surface area contributed by atoms with Crippen LogP contribution in [-0.4, -0.2) is 64.1 Å². The standard InChI is InChI=1S/C27H33F3N6O2.C2H6/c1-18-15-23(32-24(16-18)38-14-13-37-2)36-26(33-25(34-36)27(28,29)30)31-21-8-5-19-6-9-22(10-7-20(19)17-21)35-11-3-4-12-35;1-2/h5,8,15-17,22H,3-4,6-7,9-14H2,1-2H3,(H,31,33,34);1-2H3. The molecule has 8 nitrogen and oxygen atoms in total. The second-order valence-corrected chi connectivity index (χ2v) is 9.93. The first kappa shape index (κ1) is 29.8. The summed E-state index contributed by atoms with van der Waals surface area (Å²) in [5, 5.41) is 6.82. The zero-order valence-corrected chi connectivity index (χ0v) is 23.7. The summed E-state index contributed by atoms with van der Waals surface area (Å²) in [6.07, 6.45) is 2.00. The van der Waals surface area contributed by atoms with Gasteiger partial charge in [0.2, 0.25) is 11.8 Å². The van der Waals surface area contributed by atoms with Crippen LogP contribution in [0, 0.1) is 6.92 Å². The zero-order chi connectivity index (χ0) is 28.7. The molecule has 0 radical (unpaired) electrons. The van der Waals surface area contributed by atoms with Gasteiger partial charge >= 0.3 is 6.18 Å². The third kappa shape index (κ3) is 7.31. The fourth-order valence-corrected chi connectivity index (χ4v) is 5.27. The Morgan fingerprint density at radius 1 is 0.975 bits per heavy atom. The Morgan fingerprint density at radius 3 is 2.40 bits per heavy atom. The molecule has 3 aromatic rings. The summed E-state index contributed by atoms with van der Waals surface area (Å²) in [7, 11) is 1.55. The van der Waals surface area contributed by atoms with Crippen molar-refractivity contribution in [3.05, 3.63) is 52.8 Å². The monoisotopic (exact) mass is 560 g/mol. The van der Waals surface area contributed by atoms with Gasteiger partial charge in [-0.15, -0.1) is 5.10 Å². The summed E-state index contributed by atoms with van der Waals surface area (Å²) < 4.78 is 52.5. The van der Waals surface area contributed by atoms with Gasteiger partial charge in [-0.2, -0.15) is 27.8 Å². The van der Waals surface area contributed by atoms with Gasteiger partial charge in [0.25, 0.3) is 5.82 Å². The number of rotatable bonds is 8. The van der Waals surface area contributed by atoms with Gasteiger partial charge in [-0.1, -0.05) is 19.9 Å². The molecule has 1 fully saturated rings. The molecule has 11 heteroatoms. The average Bonchev–Trinajstić information content (AvgIpc) is 3.57. The number of likely N-dealkylation sites (tertiary alicyclic amines) is 1. The summed E-state index contributed by atoms with van der Waals surface area (Å²) in [6, 6.07) is 9.92. The van der Waals surface area contributed by atoms with E-state index in [0.29, 0.717) is 18.3 Å². The van der Waals surface area contributed by atoms with Gasteiger partial charge in [-0.3, -0.25) is 0 Å². The SMILES string of the molecule is CC.COCCOc1cc(C)cc(-n2nc(C(F)(F)F)nc2Nc2ccc3c(c2)CCC(N2CCCC2)CC3)n1. The van der Waals surface area contributed by atoms with Gasteiger partial charge in [-0.05, 0) is 93.4 Å². The van der Waals surface area contributed by atoms with Crippen molar-refractivity contribution in [2.75, 3.05) is 38.7 Å². The predicted molar refractivity (Wildman–Crippen MR) is 149 cm³/mol. The lowest BCUT2D eigenvalue weighted by molar-refractivity contribution is -0.144. The first-order valence-corrected chi connectivity index (χ1v) is 14.1. The summed E-state index contributed by atoms with van der Waals surface area (Å²) in [4.78, 5) is 10.8. The maximum Gasteiger partial charge on any atom is 0.453 e. The third-order valence-corrected chi connectivity index (χ3v) is 7.16. The first-order chi connectivity index (χ1) is 19.3. The molecule has 1 saturated heterocycles. The minimum absolute atomic E-state index is 0.0678. The number of aromatic nitrogens is 4. The highest BCUT2D eigenvalue weighted by atomic mass is 19.4. The molecule has 1 aromatic carbocycles. The summed E-state index contributed by atoms with van der Waals surface area (Å²) in [6.45, 7) is 8.78. The lowest BCUT2D eigenvalue weighted by Crippen LogP contribution is -2.32. The number of pyridine rings is 1. The lowest BCUT2D eigenvalue weighted by atomic mass is 10.0. The summed E-state index contributed by atoms with van der Waals surface area (Å²) in [5.41, 5.74) is 3.94. The van der Waals surface area contributed by atoms with E-state index in [1.807, 2.05) is 32.9 Å². The van der Waals surface area contributed by atoms with Crippen LogP contribution in [-0.2, 0) is 23.8 Å². The highest BCUT2D eigenvalue weighted by molar-refractivity contribution is 5.58. The van der Waals surface area contributed by atoms with Crippen LogP contribution < -0.4 is 10.1 Å². The normalized spacial score (nSPS) is 17.5. The number of aryl methyl sites for hydroxylation is 3. The number of ether oxygens (including phenoxy) is 2. The Kier molecular flexibility index (Phi) is 10.0. The zero-order valence-electron chi connectivity index (χ0n) is 23.7. The molecule has 40 heavy (non-hydrogen) atoms. The topological polar surface area (TPSA) is 77.3 Å². The van der Waals surface area contributed by atoms with Crippen molar-refractivity contribution in [3.63, 3.8) is 0 Å². The Hall–Kier alpha value is -3.18. The molecule has 3 heterocycles. The van der Waals surface area contributed by atoms with Gasteiger partial charge in [-0.25, -0.2) is 0 Å². The van der Waals surface area contributed by atoms with Gasteiger partial charge < -0.3 is 19.7 Å². The van der Waals surface area contributed by atoms with Crippen molar-refractivity contribution < 1.29 is 22.6 Å². The molecule has 5 rings (SSSR count). The number of halogens is 3. The van der Waals surface area contributed by atoms with Gasteiger partial charge in [0.1, 0.15) is 6.61 Å². The number of hydrogen-bond donors (Lipinski definition) is 1. The van der Waals surface area contributed by atoms with E-state index in [2.05, 4.69) is 31.3 Å². The molecular weight excluding hydrogens is 521 g/mol. The van der Waals surface area contributed by atoms with Crippen LogP contribution in [0.5, 0.6) is 5.88 Å². The maximum atomic E-state index is 13.6. The number of nitrogens with one attached hydrogen (secondary N) is 1.